The van der Waals surface area contributed by atoms with Gasteiger partial charge in [-0.1, -0.05) is 47.2 Å². The van der Waals surface area contributed by atoms with E-state index in [0.29, 0.717) is 16.2 Å². The molecule has 0 radical (unpaired) electrons. The Morgan fingerprint density at radius 1 is 1.22 bits per heavy atom. The van der Waals surface area contributed by atoms with E-state index in [2.05, 4.69) is 4.99 Å². The molecule has 0 saturated heterocycles. The van der Waals surface area contributed by atoms with E-state index in [-0.39, 0.29) is 5.91 Å². The number of carbonyl (C=O) groups excluding carboxylic acids is 1. The summed E-state index contributed by atoms with van der Waals surface area (Å²) in [6, 6.07) is 15.8. The van der Waals surface area contributed by atoms with E-state index in [1.165, 1.54) is 16.2 Å². The highest BCUT2D eigenvalue weighted by atomic mass is 35.5. The molecule has 0 N–H and O–H groups in total. The lowest BCUT2D eigenvalue weighted by molar-refractivity contribution is -0.117. The van der Waals surface area contributed by atoms with E-state index in [4.69, 9.17) is 11.6 Å². The fraction of sp³-hybridized carbons (Fsp3) is 0.176. The molecule has 118 valence electrons. The average Bonchev–Trinajstić information content (AvgIpc) is 2.86. The van der Waals surface area contributed by atoms with Crippen LogP contribution in [0.4, 0.5) is 0 Å². The highest BCUT2D eigenvalue weighted by Gasteiger charge is 2.08. The molecule has 1 aromatic heterocycles. The normalized spacial score (nSPS) is 12.0. The van der Waals surface area contributed by atoms with Crippen LogP contribution in [0.15, 0.2) is 58.4 Å². The van der Waals surface area contributed by atoms with Gasteiger partial charge in [-0.05, 0) is 24.3 Å². The second kappa shape index (κ2) is 7.34. The van der Waals surface area contributed by atoms with Gasteiger partial charge in [0.2, 0.25) is 5.91 Å². The summed E-state index contributed by atoms with van der Waals surface area (Å²) in [7, 11) is 1.88. The van der Waals surface area contributed by atoms with Crippen molar-refractivity contribution in [2.45, 2.75) is 11.3 Å². The number of amides is 1. The summed E-state index contributed by atoms with van der Waals surface area (Å²) in [5, 5.41) is 0.676. The third-order valence-electron chi connectivity index (χ3n) is 3.32. The first-order chi connectivity index (χ1) is 11.1. The molecule has 23 heavy (non-hydrogen) atoms. The molecule has 1 heterocycles. The van der Waals surface area contributed by atoms with Crippen LogP contribution < -0.4 is 4.80 Å². The molecule has 1 amide bonds. The van der Waals surface area contributed by atoms with Gasteiger partial charge in [0.15, 0.2) is 4.80 Å². The molecule has 3 rings (SSSR count). The molecule has 0 spiro atoms. The number of fused-ring (bicyclic) bond motifs is 1. The quantitative estimate of drug-likeness (QED) is 0.640. The number of para-hydroxylation sites is 1. The number of carbonyl (C=O) groups is 1. The number of nitrogens with zero attached hydrogens (tertiary/aromatic N) is 2. The van der Waals surface area contributed by atoms with Gasteiger partial charge in [0, 0.05) is 24.1 Å². The van der Waals surface area contributed by atoms with E-state index in [1.54, 1.807) is 11.8 Å². The van der Waals surface area contributed by atoms with Gasteiger partial charge in [0.1, 0.15) is 0 Å². The summed E-state index contributed by atoms with van der Waals surface area (Å²) in [6.07, 6.45) is 0.418. The second-order valence-corrected chi connectivity index (χ2v) is 7.53. The van der Waals surface area contributed by atoms with Gasteiger partial charge in [0.25, 0.3) is 0 Å². The molecule has 0 aliphatic carbocycles. The summed E-state index contributed by atoms with van der Waals surface area (Å²) in [5.74, 6) is 0.619. The molecular formula is C17H15ClN2OS2. The molecule has 0 fully saturated rings. The third kappa shape index (κ3) is 3.86. The maximum Gasteiger partial charge on any atom is 0.249 e. The molecule has 0 aliphatic heterocycles. The molecule has 0 unspecified atom stereocenters. The van der Waals surface area contributed by atoms with Crippen LogP contribution in [0.25, 0.3) is 10.2 Å². The molecule has 3 nitrogen and oxygen atoms in total. The van der Waals surface area contributed by atoms with Gasteiger partial charge < -0.3 is 4.57 Å². The van der Waals surface area contributed by atoms with Crippen LogP contribution in [-0.2, 0) is 11.8 Å². The van der Waals surface area contributed by atoms with Crippen LogP contribution in [0, 0.1) is 0 Å². The Morgan fingerprint density at radius 3 is 2.74 bits per heavy atom. The number of hydrogen-bond acceptors (Lipinski definition) is 3. The minimum Gasteiger partial charge on any atom is -0.318 e. The Kier molecular flexibility index (Phi) is 5.20. The van der Waals surface area contributed by atoms with Gasteiger partial charge >= 0.3 is 0 Å². The summed E-state index contributed by atoms with van der Waals surface area (Å²) >= 11 is 9.37. The predicted molar refractivity (Wildman–Crippen MR) is 98.2 cm³/mol. The van der Waals surface area contributed by atoms with E-state index in [9.17, 15) is 4.79 Å². The Balaban J connectivity index is 1.72. The highest BCUT2D eigenvalue weighted by molar-refractivity contribution is 7.99. The average molecular weight is 363 g/mol. The standard InChI is InChI=1S/C17H15ClN2OS2/c1-20-16-13(18)8-5-9-14(16)23-17(20)19-15(21)10-11-22-12-6-3-2-4-7-12/h2-9H,10-11H2,1H3. The second-order valence-electron chi connectivity index (χ2n) is 4.95. The van der Waals surface area contributed by atoms with Crippen molar-refractivity contribution in [1.29, 1.82) is 0 Å². The zero-order valence-electron chi connectivity index (χ0n) is 12.5. The smallest absolute Gasteiger partial charge is 0.249 e. The molecule has 2 aromatic carbocycles. The number of thioether (sulfide) groups is 1. The third-order valence-corrected chi connectivity index (χ3v) is 5.74. The Bertz CT molecular complexity index is 900. The summed E-state index contributed by atoms with van der Waals surface area (Å²) in [5.41, 5.74) is 0.921. The van der Waals surface area contributed by atoms with Crippen LogP contribution in [-0.4, -0.2) is 16.2 Å². The van der Waals surface area contributed by atoms with Crippen LogP contribution in [0.5, 0.6) is 0 Å². The van der Waals surface area contributed by atoms with Crippen LogP contribution in [0.3, 0.4) is 0 Å². The minimum absolute atomic E-state index is 0.105. The molecular weight excluding hydrogens is 348 g/mol. The molecule has 0 saturated carbocycles. The predicted octanol–water partition coefficient (Wildman–Crippen LogP) is 4.50. The lowest BCUT2D eigenvalue weighted by atomic mass is 10.3. The lowest BCUT2D eigenvalue weighted by Crippen LogP contribution is -2.13. The molecule has 0 atom stereocenters. The zero-order valence-corrected chi connectivity index (χ0v) is 14.9. The number of aromatic nitrogens is 1. The van der Waals surface area contributed by atoms with E-state index in [1.807, 2.05) is 60.1 Å². The number of rotatable bonds is 4. The maximum atomic E-state index is 12.1. The molecule has 3 aromatic rings. The van der Waals surface area contributed by atoms with Gasteiger partial charge in [-0.15, -0.1) is 11.8 Å². The summed E-state index contributed by atoms with van der Waals surface area (Å²) in [6.45, 7) is 0. The van der Waals surface area contributed by atoms with Crippen molar-refractivity contribution < 1.29 is 4.79 Å². The fourth-order valence-corrected chi connectivity index (χ4v) is 4.48. The number of halogens is 1. The van der Waals surface area contributed by atoms with E-state index < -0.39 is 0 Å². The van der Waals surface area contributed by atoms with Crippen molar-refractivity contribution in [3.05, 3.63) is 58.4 Å². The fourth-order valence-electron chi connectivity index (χ4n) is 2.20. The topological polar surface area (TPSA) is 34.4 Å². The Morgan fingerprint density at radius 2 is 2.00 bits per heavy atom. The number of thiazole rings is 1. The number of aryl methyl sites for hydroxylation is 1. The zero-order chi connectivity index (χ0) is 16.2. The van der Waals surface area contributed by atoms with Crippen molar-refractivity contribution in [3.8, 4) is 0 Å². The number of hydrogen-bond donors (Lipinski definition) is 0. The van der Waals surface area contributed by atoms with Crippen LogP contribution >= 0.6 is 34.7 Å². The largest absolute Gasteiger partial charge is 0.318 e. The first-order valence-electron chi connectivity index (χ1n) is 7.14. The first kappa shape index (κ1) is 16.3. The van der Waals surface area contributed by atoms with Crippen molar-refractivity contribution in [3.63, 3.8) is 0 Å². The van der Waals surface area contributed by atoms with Crippen molar-refractivity contribution in [2.75, 3.05) is 5.75 Å². The minimum atomic E-state index is -0.105. The highest BCUT2D eigenvalue weighted by Crippen LogP contribution is 2.24. The molecule has 0 aliphatic rings. The monoisotopic (exact) mass is 362 g/mol. The SMILES string of the molecule is Cn1c(=NC(=O)CCSc2ccccc2)sc2cccc(Cl)c21. The summed E-state index contributed by atoms with van der Waals surface area (Å²) < 4.78 is 2.91. The van der Waals surface area contributed by atoms with Gasteiger partial charge in [0.05, 0.1) is 15.2 Å². The number of benzene rings is 2. The van der Waals surface area contributed by atoms with E-state index >= 15 is 0 Å². The Labute approximate surface area is 147 Å². The van der Waals surface area contributed by atoms with Crippen LogP contribution in [0.2, 0.25) is 5.02 Å². The van der Waals surface area contributed by atoms with Crippen molar-refractivity contribution in [2.24, 2.45) is 12.0 Å². The lowest BCUT2D eigenvalue weighted by Gasteiger charge is -1.99. The van der Waals surface area contributed by atoms with E-state index in [0.717, 1.165) is 16.0 Å². The summed E-state index contributed by atoms with van der Waals surface area (Å²) in [4.78, 5) is 18.2. The molecule has 6 heteroatoms. The van der Waals surface area contributed by atoms with Crippen LogP contribution in [0.1, 0.15) is 6.42 Å². The van der Waals surface area contributed by atoms with Gasteiger partial charge in [-0.3, -0.25) is 4.79 Å². The van der Waals surface area contributed by atoms with Gasteiger partial charge in [-0.25, -0.2) is 0 Å². The van der Waals surface area contributed by atoms with Crippen molar-refractivity contribution >= 4 is 50.8 Å². The van der Waals surface area contributed by atoms with Gasteiger partial charge in [-0.2, -0.15) is 4.99 Å². The maximum absolute atomic E-state index is 12.1. The molecule has 0 bridgehead atoms. The Hall–Kier alpha value is -1.56. The van der Waals surface area contributed by atoms with Crippen molar-refractivity contribution in [1.82, 2.24) is 4.57 Å². The first-order valence-corrected chi connectivity index (χ1v) is 9.32.